The summed E-state index contributed by atoms with van der Waals surface area (Å²) < 4.78 is 11.7. The van der Waals surface area contributed by atoms with E-state index in [-0.39, 0.29) is 5.69 Å². The van der Waals surface area contributed by atoms with Crippen molar-refractivity contribution in [2.24, 2.45) is 0 Å². The fourth-order valence-corrected chi connectivity index (χ4v) is 3.06. The number of nitro groups is 1. The number of benzene rings is 1. The van der Waals surface area contributed by atoms with Crippen molar-refractivity contribution in [3.05, 3.63) is 28.3 Å². The van der Waals surface area contributed by atoms with Gasteiger partial charge in [-0.15, -0.1) is 0 Å². The maximum atomic E-state index is 11.0. The van der Waals surface area contributed by atoms with Gasteiger partial charge in [-0.2, -0.15) is 0 Å². The number of unbranched alkanes of at least 4 members (excludes halogenated alkanes) is 8. The van der Waals surface area contributed by atoms with E-state index < -0.39 is 4.92 Å². The second-order valence-electron chi connectivity index (χ2n) is 7.29. The number of hydrogen-bond acceptors (Lipinski definition) is 6. The third-order valence-electron chi connectivity index (χ3n) is 4.77. The van der Waals surface area contributed by atoms with Gasteiger partial charge in [-0.3, -0.25) is 10.1 Å². The van der Waals surface area contributed by atoms with Gasteiger partial charge in [0.05, 0.1) is 29.2 Å². The molecule has 0 aliphatic heterocycles. The summed E-state index contributed by atoms with van der Waals surface area (Å²) in [7, 11) is 0. The molecule has 1 heterocycles. The first kappa shape index (κ1) is 22.8. The molecule has 0 unspecified atom stereocenters. The summed E-state index contributed by atoms with van der Waals surface area (Å²) in [4.78, 5) is 19.6. The van der Waals surface area contributed by atoms with E-state index in [4.69, 9.17) is 9.47 Å². The highest BCUT2D eigenvalue weighted by atomic mass is 16.6. The van der Waals surface area contributed by atoms with Gasteiger partial charge in [0.2, 0.25) is 0 Å². The van der Waals surface area contributed by atoms with Crippen molar-refractivity contribution in [2.45, 2.75) is 78.1 Å². The zero-order valence-electron chi connectivity index (χ0n) is 17.7. The number of fused-ring (bicyclic) bond motifs is 1. The van der Waals surface area contributed by atoms with Crippen molar-refractivity contribution in [3.63, 3.8) is 0 Å². The fourth-order valence-electron chi connectivity index (χ4n) is 3.06. The lowest BCUT2D eigenvalue weighted by Gasteiger charge is -2.12. The molecule has 160 valence electrons. The molecule has 0 atom stereocenters. The number of nitrogens with zero attached hydrogens (tertiary/aromatic N) is 3. The van der Waals surface area contributed by atoms with Gasteiger partial charge in [0, 0.05) is 12.1 Å². The minimum Gasteiger partial charge on any atom is -0.474 e. The van der Waals surface area contributed by atoms with Crippen molar-refractivity contribution in [3.8, 4) is 11.8 Å². The van der Waals surface area contributed by atoms with Crippen LogP contribution in [-0.2, 0) is 0 Å². The average molecular weight is 404 g/mol. The van der Waals surface area contributed by atoms with E-state index in [1.807, 2.05) is 0 Å². The van der Waals surface area contributed by atoms with Crippen LogP contribution in [0.2, 0.25) is 0 Å². The van der Waals surface area contributed by atoms with Crippen molar-refractivity contribution >= 4 is 16.7 Å². The predicted molar refractivity (Wildman–Crippen MR) is 115 cm³/mol. The lowest BCUT2D eigenvalue weighted by atomic mass is 10.2. The first-order valence-electron chi connectivity index (χ1n) is 10.9. The highest BCUT2D eigenvalue weighted by molar-refractivity contribution is 5.78. The van der Waals surface area contributed by atoms with Crippen LogP contribution >= 0.6 is 0 Å². The van der Waals surface area contributed by atoms with Crippen LogP contribution < -0.4 is 9.47 Å². The van der Waals surface area contributed by atoms with Gasteiger partial charge < -0.3 is 9.47 Å². The normalized spacial score (nSPS) is 11.0. The summed E-state index contributed by atoms with van der Waals surface area (Å²) in [5, 5.41) is 11.0. The Kier molecular flexibility index (Phi) is 10.2. The molecule has 7 heteroatoms. The van der Waals surface area contributed by atoms with Crippen LogP contribution in [0.3, 0.4) is 0 Å². The summed E-state index contributed by atoms with van der Waals surface area (Å²) in [5.41, 5.74) is 0.990. The van der Waals surface area contributed by atoms with Crippen LogP contribution in [0.5, 0.6) is 11.8 Å². The Balaban J connectivity index is 2.06. The van der Waals surface area contributed by atoms with E-state index >= 15 is 0 Å². The fraction of sp³-hybridized carbons (Fsp3) is 0.636. The second-order valence-corrected chi connectivity index (χ2v) is 7.29. The van der Waals surface area contributed by atoms with Gasteiger partial charge in [-0.1, -0.05) is 65.2 Å². The van der Waals surface area contributed by atoms with Crippen LogP contribution in [0.15, 0.2) is 18.2 Å². The van der Waals surface area contributed by atoms with E-state index in [9.17, 15) is 10.1 Å². The lowest BCUT2D eigenvalue weighted by Crippen LogP contribution is -2.06. The van der Waals surface area contributed by atoms with E-state index in [1.165, 1.54) is 50.7 Å². The minimum atomic E-state index is -0.434. The van der Waals surface area contributed by atoms with Crippen molar-refractivity contribution < 1.29 is 14.4 Å². The maximum absolute atomic E-state index is 11.0. The Morgan fingerprint density at radius 1 is 0.793 bits per heavy atom. The molecule has 0 saturated carbocycles. The molecule has 1 aromatic heterocycles. The zero-order valence-corrected chi connectivity index (χ0v) is 17.7. The van der Waals surface area contributed by atoms with Crippen molar-refractivity contribution in [2.75, 3.05) is 13.2 Å². The largest absolute Gasteiger partial charge is 0.474 e. The summed E-state index contributed by atoms with van der Waals surface area (Å²) in [6.07, 6.45) is 11.4. The Labute approximate surface area is 173 Å². The Bertz CT molecular complexity index is 767. The van der Waals surface area contributed by atoms with Crippen molar-refractivity contribution in [1.29, 1.82) is 0 Å². The minimum absolute atomic E-state index is 0.0121. The molecule has 0 radical (unpaired) electrons. The van der Waals surface area contributed by atoms with Crippen LogP contribution in [0, 0.1) is 10.1 Å². The van der Waals surface area contributed by atoms with Gasteiger partial charge in [-0.05, 0) is 18.9 Å². The molecule has 0 aliphatic carbocycles. The van der Waals surface area contributed by atoms with E-state index in [0.717, 1.165) is 25.7 Å². The van der Waals surface area contributed by atoms with Crippen LogP contribution in [0.4, 0.5) is 5.69 Å². The molecular weight excluding hydrogens is 370 g/mol. The predicted octanol–water partition coefficient (Wildman–Crippen LogP) is 6.24. The van der Waals surface area contributed by atoms with Crippen LogP contribution in [0.1, 0.15) is 78.1 Å². The number of hydrogen-bond donors (Lipinski definition) is 0. The molecule has 0 aliphatic rings. The monoisotopic (exact) mass is 403 g/mol. The molecule has 29 heavy (non-hydrogen) atoms. The number of nitro benzene ring substituents is 1. The maximum Gasteiger partial charge on any atom is 0.278 e. The molecule has 0 spiro atoms. The van der Waals surface area contributed by atoms with Crippen LogP contribution in [-0.4, -0.2) is 28.1 Å². The van der Waals surface area contributed by atoms with Gasteiger partial charge in [0.1, 0.15) is 0 Å². The molecule has 2 rings (SSSR count). The van der Waals surface area contributed by atoms with Crippen LogP contribution in [0.25, 0.3) is 11.0 Å². The quantitative estimate of drug-likeness (QED) is 0.199. The second kappa shape index (κ2) is 12.9. The zero-order chi connectivity index (χ0) is 20.9. The van der Waals surface area contributed by atoms with E-state index in [2.05, 4.69) is 23.8 Å². The van der Waals surface area contributed by atoms with E-state index in [0.29, 0.717) is 36.0 Å². The van der Waals surface area contributed by atoms with Gasteiger partial charge >= 0.3 is 0 Å². The van der Waals surface area contributed by atoms with E-state index in [1.54, 1.807) is 6.07 Å². The topological polar surface area (TPSA) is 87.4 Å². The molecule has 0 amide bonds. The first-order valence-corrected chi connectivity index (χ1v) is 10.9. The molecule has 0 bridgehead atoms. The molecular formula is C22H33N3O4. The number of ether oxygens (including phenoxy) is 2. The van der Waals surface area contributed by atoms with Crippen molar-refractivity contribution in [1.82, 2.24) is 9.97 Å². The third-order valence-corrected chi connectivity index (χ3v) is 4.77. The van der Waals surface area contributed by atoms with Gasteiger partial charge in [0.15, 0.2) is 0 Å². The number of non-ortho nitro benzene ring substituents is 1. The standard InChI is InChI=1S/C22H33N3O4/c1-3-5-7-9-11-15-28-21-22(29-16-12-10-8-6-4-2)24-20-17-18(25(26)27)13-14-19(20)23-21/h13-14,17H,3-12,15-16H2,1-2H3. The highest BCUT2D eigenvalue weighted by Gasteiger charge is 2.15. The summed E-state index contributed by atoms with van der Waals surface area (Å²) >= 11 is 0. The molecule has 0 N–H and O–H groups in total. The summed E-state index contributed by atoms with van der Waals surface area (Å²) in [6.45, 7) is 5.47. The Hall–Kier alpha value is -2.44. The summed E-state index contributed by atoms with van der Waals surface area (Å²) in [6, 6.07) is 4.45. The summed E-state index contributed by atoms with van der Waals surface area (Å²) in [5.74, 6) is 0.692. The Morgan fingerprint density at radius 3 is 1.83 bits per heavy atom. The smallest absolute Gasteiger partial charge is 0.278 e. The SMILES string of the molecule is CCCCCCCOc1nc2ccc([N+](=O)[O-])cc2nc1OCCCCCCC. The molecule has 0 saturated heterocycles. The van der Waals surface area contributed by atoms with Gasteiger partial charge in [0.25, 0.3) is 17.4 Å². The molecule has 1 aromatic carbocycles. The number of aromatic nitrogens is 2. The average Bonchev–Trinajstić information content (AvgIpc) is 2.72. The molecule has 2 aromatic rings. The highest BCUT2D eigenvalue weighted by Crippen LogP contribution is 2.28. The Morgan fingerprint density at radius 2 is 1.31 bits per heavy atom. The molecule has 0 fully saturated rings. The lowest BCUT2D eigenvalue weighted by molar-refractivity contribution is -0.384. The molecule has 7 nitrogen and oxygen atoms in total. The van der Waals surface area contributed by atoms with Gasteiger partial charge in [-0.25, -0.2) is 9.97 Å². The number of rotatable bonds is 15. The first-order chi connectivity index (χ1) is 14.2. The third kappa shape index (κ3) is 7.83.